The van der Waals surface area contributed by atoms with Crippen LogP contribution in [0, 0.1) is 11.8 Å². The fraction of sp³-hybridized carbons (Fsp3) is 0.706. The molecule has 0 spiro atoms. The van der Waals surface area contributed by atoms with E-state index in [-0.39, 0.29) is 6.23 Å². The maximum atomic E-state index is 8.08. The first kappa shape index (κ1) is 19.6. The smallest absolute Gasteiger partial charge is 0.167 e. The van der Waals surface area contributed by atoms with Crippen molar-refractivity contribution in [3.63, 3.8) is 0 Å². The maximum absolute atomic E-state index is 8.08. The van der Waals surface area contributed by atoms with Crippen molar-refractivity contribution in [1.82, 2.24) is 19.5 Å². The Kier molecular flexibility index (Phi) is 6.31. The van der Waals surface area contributed by atoms with Crippen molar-refractivity contribution in [2.24, 2.45) is 11.8 Å². The zero-order valence-electron chi connectivity index (χ0n) is 15.4. The lowest BCUT2D eigenvalue weighted by atomic mass is 9.74. The Hall–Kier alpha value is -1.77. The number of nitrogens with zero attached hydrogens (tertiary/aromatic N) is 4. The molecule has 0 unspecified atom stereocenters. The number of imidazole rings is 1. The van der Waals surface area contributed by atoms with Gasteiger partial charge in [-0.1, -0.05) is 6.92 Å². The summed E-state index contributed by atoms with van der Waals surface area (Å²) >= 11 is 0. The molecular weight excluding hydrogens is 322 g/mol. The second kappa shape index (κ2) is 8.07. The van der Waals surface area contributed by atoms with Gasteiger partial charge in [0, 0.05) is 7.11 Å². The number of nitrogens with two attached hydrogens (primary N) is 1. The highest BCUT2D eigenvalue weighted by Gasteiger charge is 2.26. The number of aliphatic hydroxyl groups is 2. The van der Waals surface area contributed by atoms with Crippen molar-refractivity contribution >= 4 is 17.0 Å². The Labute approximate surface area is 148 Å². The van der Waals surface area contributed by atoms with Crippen LogP contribution in [0.15, 0.2) is 12.7 Å². The highest BCUT2D eigenvalue weighted by molar-refractivity contribution is 5.81. The maximum Gasteiger partial charge on any atom is 0.167 e. The first-order valence-electron chi connectivity index (χ1n) is 8.59. The van der Waals surface area contributed by atoms with Gasteiger partial charge in [-0.25, -0.2) is 15.0 Å². The Balaban J connectivity index is 0.000000399. The lowest BCUT2D eigenvalue weighted by Crippen LogP contribution is -2.22. The molecule has 0 aliphatic heterocycles. The SMILES string of the molecule is CC(C)(O)O.CO[C@H](CCC1CC(C)C1)n1cnc2c(N)ncnc21. The summed E-state index contributed by atoms with van der Waals surface area (Å²) in [5.41, 5.74) is 7.20. The number of methoxy groups -OCH3 is 1. The highest BCUT2D eigenvalue weighted by atomic mass is 16.5. The normalized spacial score (nSPS) is 21.4. The third kappa shape index (κ3) is 5.62. The van der Waals surface area contributed by atoms with E-state index in [1.807, 2.05) is 4.57 Å². The molecule has 1 atom stereocenters. The van der Waals surface area contributed by atoms with Crippen LogP contribution in [-0.2, 0) is 4.74 Å². The number of rotatable bonds is 5. The Morgan fingerprint density at radius 1 is 1.32 bits per heavy atom. The quantitative estimate of drug-likeness (QED) is 0.706. The van der Waals surface area contributed by atoms with Gasteiger partial charge < -0.3 is 20.7 Å². The van der Waals surface area contributed by atoms with E-state index in [0.717, 1.165) is 23.9 Å². The van der Waals surface area contributed by atoms with Gasteiger partial charge in [0.05, 0.1) is 6.33 Å². The summed E-state index contributed by atoms with van der Waals surface area (Å²) in [4.78, 5) is 12.5. The molecule has 4 N–H and O–H groups in total. The average Bonchev–Trinajstić information content (AvgIpc) is 2.90. The first-order chi connectivity index (χ1) is 11.7. The summed E-state index contributed by atoms with van der Waals surface area (Å²) in [7, 11) is 1.73. The average molecular weight is 351 g/mol. The summed E-state index contributed by atoms with van der Waals surface area (Å²) in [5, 5.41) is 16.2. The van der Waals surface area contributed by atoms with Gasteiger partial charge in [-0.15, -0.1) is 0 Å². The van der Waals surface area contributed by atoms with Gasteiger partial charge in [0.25, 0.3) is 0 Å². The lowest BCUT2D eigenvalue weighted by Gasteiger charge is -2.33. The molecule has 3 rings (SSSR count). The highest BCUT2D eigenvalue weighted by Crippen LogP contribution is 2.37. The molecule has 0 radical (unpaired) electrons. The van der Waals surface area contributed by atoms with E-state index in [4.69, 9.17) is 20.7 Å². The fourth-order valence-corrected chi connectivity index (χ4v) is 3.13. The summed E-state index contributed by atoms with van der Waals surface area (Å²) in [5.74, 6) is 0.649. The van der Waals surface area contributed by atoms with Crippen molar-refractivity contribution in [3.05, 3.63) is 12.7 Å². The van der Waals surface area contributed by atoms with Crippen LogP contribution in [0.2, 0.25) is 0 Å². The van der Waals surface area contributed by atoms with E-state index in [9.17, 15) is 0 Å². The van der Waals surface area contributed by atoms with Crippen LogP contribution in [0.1, 0.15) is 52.7 Å². The van der Waals surface area contributed by atoms with E-state index in [1.54, 1.807) is 13.4 Å². The van der Waals surface area contributed by atoms with Crippen LogP contribution in [0.4, 0.5) is 5.82 Å². The molecule has 0 bridgehead atoms. The van der Waals surface area contributed by atoms with Crippen LogP contribution >= 0.6 is 0 Å². The van der Waals surface area contributed by atoms with Crippen molar-refractivity contribution in [3.8, 4) is 0 Å². The summed E-state index contributed by atoms with van der Waals surface area (Å²) in [6.45, 7) is 4.91. The summed E-state index contributed by atoms with van der Waals surface area (Å²) in [6.07, 6.45) is 8.02. The molecule has 2 aromatic rings. The van der Waals surface area contributed by atoms with E-state index in [1.165, 1.54) is 39.4 Å². The number of hydrogen-bond acceptors (Lipinski definition) is 7. The van der Waals surface area contributed by atoms with Gasteiger partial charge in [0.1, 0.15) is 18.1 Å². The van der Waals surface area contributed by atoms with Gasteiger partial charge in [0.2, 0.25) is 0 Å². The Bertz CT molecular complexity index is 670. The number of nitrogen functional groups attached to an aromatic ring is 1. The molecule has 0 amide bonds. The summed E-state index contributed by atoms with van der Waals surface area (Å²) < 4.78 is 7.56. The van der Waals surface area contributed by atoms with Crippen molar-refractivity contribution in [2.75, 3.05) is 12.8 Å². The minimum absolute atomic E-state index is 0.0368. The van der Waals surface area contributed by atoms with Gasteiger partial charge in [-0.2, -0.15) is 0 Å². The monoisotopic (exact) mass is 351 g/mol. The first-order valence-corrected chi connectivity index (χ1v) is 8.59. The van der Waals surface area contributed by atoms with E-state index >= 15 is 0 Å². The third-order valence-corrected chi connectivity index (χ3v) is 4.26. The molecule has 1 aliphatic rings. The van der Waals surface area contributed by atoms with Crippen LogP contribution in [0.25, 0.3) is 11.2 Å². The minimum atomic E-state index is -1.50. The van der Waals surface area contributed by atoms with Gasteiger partial charge >= 0.3 is 0 Å². The van der Waals surface area contributed by atoms with Crippen LogP contribution in [0.5, 0.6) is 0 Å². The molecular formula is C17H29N5O3. The van der Waals surface area contributed by atoms with E-state index < -0.39 is 5.79 Å². The molecule has 1 aliphatic carbocycles. The number of aromatic nitrogens is 4. The van der Waals surface area contributed by atoms with E-state index in [0.29, 0.717) is 11.3 Å². The molecule has 0 saturated heterocycles. The molecule has 1 fully saturated rings. The van der Waals surface area contributed by atoms with E-state index in [2.05, 4.69) is 21.9 Å². The second-order valence-corrected chi connectivity index (χ2v) is 7.29. The molecule has 2 aromatic heterocycles. The van der Waals surface area contributed by atoms with Crippen LogP contribution in [-0.4, -0.2) is 42.6 Å². The molecule has 25 heavy (non-hydrogen) atoms. The molecule has 8 nitrogen and oxygen atoms in total. The number of hydrogen-bond donors (Lipinski definition) is 3. The Morgan fingerprint density at radius 3 is 2.52 bits per heavy atom. The van der Waals surface area contributed by atoms with Crippen molar-refractivity contribution in [1.29, 1.82) is 0 Å². The van der Waals surface area contributed by atoms with Gasteiger partial charge in [0.15, 0.2) is 17.3 Å². The topological polar surface area (TPSA) is 119 Å². The summed E-state index contributed by atoms with van der Waals surface area (Å²) in [6, 6.07) is 0. The van der Waals surface area contributed by atoms with Crippen molar-refractivity contribution in [2.45, 2.75) is 58.5 Å². The zero-order valence-corrected chi connectivity index (χ0v) is 15.4. The number of fused-ring (bicyclic) bond motifs is 1. The lowest BCUT2D eigenvalue weighted by molar-refractivity contribution is -0.127. The molecule has 0 aromatic carbocycles. The minimum Gasteiger partial charge on any atom is -0.382 e. The van der Waals surface area contributed by atoms with Crippen LogP contribution in [0.3, 0.4) is 0 Å². The molecule has 8 heteroatoms. The fourth-order valence-electron chi connectivity index (χ4n) is 3.13. The molecule has 2 heterocycles. The van der Waals surface area contributed by atoms with Crippen LogP contribution < -0.4 is 5.73 Å². The van der Waals surface area contributed by atoms with Gasteiger partial charge in [-0.05, 0) is 51.4 Å². The molecule has 1 saturated carbocycles. The predicted octanol–water partition coefficient (Wildman–Crippen LogP) is 2.09. The number of ether oxygens (including phenoxy) is 1. The standard InChI is InChI=1S/C14H21N5O.C3H8O2/c1-9-5-10(6-9)3-4-11(20-2)19-8-18-12-13(15)16-7-17-14(12)19;1-3(2,4)5/h7-11H,3-6H2,1-2H3,(H2,15,16,17);4-5H,1-2H3/t9?,10?,11-;/m1./s1. The van der Waals surface area contributed by atoms with Gasteiger partial charge in [-0.3, -0.25) is 4.57 Å². The number of anilines is 1. The second-order valence-electron chi connectivity index (χ2n) is 7.29. The van der Waals surface area contributed by atoms with Crippen molar-refractivity contribution < 1.29 is 14.9 Å². The Morgan fingerprint density at radius 2 is 1.96 bits per heavy atom. The molecule has 140 valence electrons. The third-order valence-electron chi connectivity index (χ3n) is 4.26. The largest absolute Gasteiger partial charge is 0.382 e. The zero-order chi connectivity index (χ0) is 18.6. The predicted molar refractivity (Wildman–Crippen MR) is 95.4 cm³/mol.